The molecule has 1 saturated heterocycles. The monoisotopic (exact) mass is 466 g/mol. The maximum Gasteiger partial charge on any atom is 0.416 e. The predicted molar refractivity (Wildman–Crippen MR) is 105 cm³/mol. The minimum absolute atomic E-state index is 0.108. The van der Waals surface area contributed by atoms with Gasteiger partial charge < -0.3 is 4.90 Å². The summed E-state index contributed by atoms with van der Waals surface area (Å²) >= 11 is 0. The number of carbonyl (C=O) groups excluding carboxylic acids is 3. The molecule has 1 atom stereocenters. The Balaban J connectivity index is 1.56. The Morgan fingerprint density at radius 1 is 1.06 bits per heavy atom. The van der Waals surface area contributed by atoms with Crippen molar-refractivity contribution >= 4 is 27.6 Å². The van der Waals surface area contributed by atoms with Crippen LogP contribution in [-0.4, -0.2) is 37.1 Å². The van der Waals surface area contributed by atoms with Crippen LogP contribution in [0.2, 0.25) is 0 Å². The molecule has 32 heavy (non-hydrogen) atoms. The molecule has 0 aliphatic carbocycles. The van der Waals surface area contributed by atoms with E-state index in [1.807, 2.05) is 0 Å². The van der Waals surface area contributed by atoms with E-state index in [1.165, 1.54) is 17.0 Å². The summed E-state index contributed by atoms with van der Waals surface area (Å²) in [6, 6.07) is 7.13. The Bertz CT molecular complexity index is 1240. The predicted octanol–water partition coefficient (Wildman–Crippen LogP) is 2.44. The molecule has 2 aliphatic rings. The van der Waals surface area contributed by atoms with Crippen LogP contribution >= 0.6 is 0 Å². The Morgan fingerprint density at radius 2 is 1.81 bits per heavy atom. The molecule has 1 N–H and O–H groups in total. The van der Waals surface area contributed by atoms with Crippen LogP contribution in [0.5, 0.6) is 0 Å². The molecule has 2 aliphatic heterocycles. The Hall–Kier alpha value is -3.21. The van der Waals surface area contributed by atoms with Crippen LogP contribution in [0, 0.1) is 0 Å². The molecule has 0 saturated carbocycles. The van der Waals surface area contributed by atoms with Gasteiger partial charge in [-0.3, -0.25) is 19.7 Å². The maximum absolute atomic E-state index is 12.9. The van der Waals surface area contributed by atoms with E-state index in [1.54, 1.807) is 6.07 Å². The molecule has 4 rings (SSSR count). The van der Waals surface area contributed by atoms with Crippen molar-refractivity contribution < 1.29 is 36.0 Å². The Kier molecular flexibility index (Phi) is 5.32. The van der Waals surface area contributed by atoms with E-state index < -0.39 is 56.0 Å². The zero-order valence-corrected chi connectivity index (χ0v) is 17.3. The van der Waals surface area contributed by atoms with E-state index in [9.17, 15) is 36.0 Å². The van der Waals surface area contributed by atoms with Gasteiger partial charge in [0.1, 0.15) is 6.04 Å². The number of nitrogens with zero attached hydrogens (tertiary/aromatic N) is 1. The lowest BCUT2D eigenvalue weighted by Crippen LogP contribution is -2.52. The van der Waals surface area contributed by atoms with Gasteiger partial charge in [0.2, 0.25) is 11.8 Å². The number of carbonyl (C=O) groups is 3. The second-order valence-electron chi connectivity index (χ2n) is 7.68. The molecule has 2 aromatic rings. The van der Waals surface area contributed by atoms with Gasteiger partial charge in [-0.15, -0.1) is 0 Å². The lowest BCUT2D eigenvalue weighted by molar-refractivity contribution is -0.138. The van der Waals surface area contributed by atoms with Crippen molar-refractivity contribution in [2.45, 2.75) is 42.3 Å². The minimum atomic E-state index is -4.68. The van der Waals surface area contributed by atoms with Crippen LogP contribution in [0.25, 0.3) is 0 Å². The second kappa shape index (κ2) is 7.73. The van der Waals surface area contributed by atoms with E-state index in [2.05, 4.69) is 5.32 Å². The number of sulfone groups is 1. The summed E-state index contributed by atoms with van der Waals surface area (Å²) in [5, 5.41) is 2.20. The number of hydrogen-bond donors (Lipinski definition) is 1. The van der Waals surface area contributed by atoms with E-state index >= 15 is 0 Å². The maximum atomic E-state index is 12.9. The van der Waals surface area contributed by atoms with E-state index in [0.29, 0.717) is 11.6 Å². The van der Waals surface area contributed by atoms with Crippen LogP contribution in [0.1, 0.15) is 39.9 Å². The summed E-state index contributed by atoms with van der Waals surface area (Å²) in [4.78, 5) is 37.2. The molecule has 0 bridgehead atoms. The van der Waals surface area contributed by atoms with Crippen LogP contribution in [0.3, 0.4) is 0 Å². The number of imide groups is 1. The fourth-order valence-corrected chi connectivity index (χ4v) is 5.24. The summed E-state index contributed by atoms with van der Waals surface area (Å²) in [6.07, 6.45) is -4.37. The third-order valence-electron chi connectivity index (χ3n) is 5.47. The van der Waals surface area contributed by atoms with Crippen molar-refractivity contribution in [1.82, 2.24) is 10.2 Å². The van der Waals surface area contributed by atoms with Crippen molar-refractivity contribution in [3.05, 3.63) is 64.7 Å². The molecule has 168 valence electrons. The fourth-order valence-electron chi connectivity index (χ4n) is 3.86. The van der Waals surface area contributed by atoms with Gasteiger partial charge in [-0.05, 0) is 41.8 Å². The second-order valence-corrected chi connectivity index (χ2v) is 9.67. The molecule has 0 aromatic heterocycles. The standard InChI is InChI=1S/C21H17F3N2O5S/c22-21(23,24)14-2-1-3-15(9-14)32(30,31)11-12-4-5-13-10-26(20(29)16(13)8-12)17-6-7-18(27)25-19(17)28/h1-5,8-9,17H,6-7,10-11H2,(H,25,27,28). The highest BCUT2D eigenvalue weighted by atomic mass is 32.2. The topological polar surface area (TPSA) is 101 Å². The molecule has 0 radical (unpaired) electrons. The summed E-state index contributed by atoms with van der Waals surface area (Å²) in [5.74, 6) is -2.02. The van der Waals surface area contributed by atoms with Gasteiger partial charge in [-0.25, -0.2) is 8.42 Å². The number of piperidine rings is 1. The molecule has 7 nitrogen and oxygen atoms in total. The first-order valence-electron chi connectivity index (χ1n) is 9.62. The van der Waals surface area contributed by atoms with Crippen molar-refractivity contribution in [1.29, 1.82) is 0 Å². The molecule has 1 fully saturated rings. The Labute approximate surface area is 181 Å². The number of fused-ring (bicyclic) bond motifs is 1. The lowest BCUT2D eigenvalue weighted by atomic mass is 10.0. The van der Waals surface area contributed by atoms with Gasteiger partial charge in [0, 0.05) is 18.5 Å². The molecule has 3 amide bonds. The summed E-state index contributed by atoms with van der Waals surface area (Å²) < 4.78 is 64.2. The fraction of sp³-hybridized carbons (Fsp3) is 0.286. The van der Waals surface area contributed by atoms with Gasteiger partial charge in [-0.1, -0.05) is 18.2 Å². The van der Waals surface area contributed by atoms with Gasteiger partial charge in [0.15, 0.2) is 9.84 Å². The third-order valence-corrected chi connectivity index (χ3v) is 7.16. The highest BCUT2D eigenvalue weighted by Crippen LogP contribution is 2.32. The zero-order chi connectivity index (χ0) is 23.3. The van der Waals surface area contributed by atoms with Crippen molar-refractivity contribution in [2.24, 2.45) is 0 Å². The van der Waals surface area contributed by atoms with Crippen molar-refractivity contribution in [3.8, 4) is 0 Å². The van der Waals surface area contributed by atoms with Crippen LogP contribution < -0.4 is 5.32 Å². The molecular formula is C21H17F3N2O5S. The number of halogens is 3. The summed E-state index contributed by atoms with van der Waals surface area (Å²) in [7, 11) is -4.11. The van der Waals surface area contributed by atoms with Crippen molar-refractivity contribution in [3.63, 3.8) is 0 Å². The minimum Gasteiger partial charge on any atom is -0.322 e. The molecule has 0 spiro atoms. The molecular weight excluding hydrogens is 449 g/mol. The molecule has 2 heterocycles. The average molecular weight is 466 g/mol. The van der Waals surface area contributed by atoms with Crippen LogP contribution in [0.15, 0.2) is 47.4 Å². The van der Waals surface area contributed by atoms with Gasteiger partial charge in [0.25, 0.3) is 5.91 Å². The third kappa shape index (κ3) is 4.12. The lowest BCUT2D eigenvalue weighted by Gasteiger charge is -2.29. The van der Waals surface area contributed by atoms with E-state index in [4.69, 9.17) is 0 Å². The average Bonchev–Trinajstić information content (AvgIpc) is 3.03. The number of benzene rings is 2. The van der Waals surface area contributed by atoms with E-state index in [0.717, 1.165) is 18.2 Å². The first kappa shape index (κ1) is 22.0. The number of hydrogen-bond acceptors (Lipinski definition) is 5. The van der Waals surface area contributed by atoms with Crippen LogP contribution in [-0.2, 0) is 37.9 Å². The molecule has 1 unspecified atom stereocenters. The van der Waals surface area contributed by atoms with Crippen LogP contribution in [0.4, 0.5) is 13.2 Å². The molecule has 2 aromatic carbocycles. The normalized spacial score (nSPS) is 19.2. The van der Waals surface area contributed by atoms with Gasteiger partial charge in [-0.2, -0.15) is 13.2 Å². The Morgan fingerprint density at radius 3 is 2.50 bits per heavy atom. The van der Waals surface area contributed by atoms with Gasteiger partial charge >= 0.3 is 6.18 Å². The number of amides is 3. The summed E-state index contributed by atoms with van der Waals surface area (Å²) in [6.45, 7) is 0.140. The number of alkyl halides is 3. The zero-order valence-electron chi connectivity index (χ0n) is 16.5. The first-order valence-corrected chi connectivity index (χ1v) is 11.3. The van der Waals surface area contributed by atoms with Crippen molar-refractivity contribution in [2.75, 3.05) is 0 Å². The number of rotatable bonds is 4. The highest BCUT2D eigenvalue weighted by Gasteiger charge is 2.39. The van der Waals surface area contributed by atoms with E-state index in [-0.39, 0.29) is 30.5 Å². The molecule has 11 heteroatoms. The van der Waals surface area contributed by atoms with Gasteiger partial charge in [0.05, 0.1) is 16.2 Å². The first-order chi connectivity index (χ1) is 15.0. The SMILES string of the molecule is O=C1CCC(N2Cc3ccc(CS(=O)(=O)c4cccc(C(F)(F)F)c4)cc3C2=O)C(=O)N1. The smallest absolute Gasteiger partial charge is 0.322 e. The number of nitrogens with one attached hydrogen (secondary N) is 1. The largest absolute Gasteiger partial charge is 0.416 e. The highest BCUT2D eigenvalue weighted by molar-refractivity contribution is 7.90. The summed E-state index contributed by atoms with van der Waals surface area (Å²) in [5.41, 5.74) is -0.00594. The quantitative estimate of drug-likeness (QED) is 0.698.